The monoisotopic (exact) mass is 376 g/mol. The molecule has 1 aromatic rings. The number of benzene rings is 1. The number of rotatable bonds is 11. The van der Waals surface area contributed by atoms with Crippen LogP contribution in [0, 0.1) is 5.92 Å². The Bertz CT molecular complexity index is 648. The Balaban J connectivity index is 2.71. The first-order chi connectivity index (χ1) is 12.9. The number of nitrogens with one attached hydrogen (secondary N) is 3. The van der Waals surface area contributed by atoms with Crippen LogP contribution in [-0.4, -0.2) is 49.2 Å². The third-order valence-corrected chi connectivity index (χ3v) is 4.16. The molecule has 0 aliphatic rings. The second-order valence-electron chi connectivity index (χ2n) is 6.28. The van der Waals surface area contributed by atoms with Gasteiger partial charge in [-0.2, -0.15) is 0 Å². The molecule has 8 nitrogen and oxygen atoms in total. The highest BCUT2D eigenvalue weighted by molar-refractivity contribution is 5.93. The van der Waals surface area contributed by atoms with Gasteiger partial charge < -0.3 is 21.7 Å². The van der Waals surface area contributed by atoms with Crippen molar-refractivity contribution in [1.29, 1.82) is 0 Å². The van der Waals surface area contributed by atoms with Gasteiger partial charge in [0.2, 0.25) is 17.7 Å². The molecule has 27 heavy (non-hydrogen) atoms. The van der Waals surface area contributed by atoms with Gasteiger partial charge in [0.05, 0.1) is 19.6 Å². The van der Waals surface area contributed by atoms with Crippen LogP contribution in [0.1, 0.15) is 25.8 Å². The number of carbonyl (C=O) groups is 4. The van der Waals surface area contributed by atoms with Crippen molar-refractivity contribution in [2.45, 2.75) is 32.7 Å². The lowest BCUT2D eigenvalue weighted by Gasteiger charge is -2.19. The third-order valence-electron chi connectivity index (χ3n) is 4.16. The molecule has 1 rings (SSSR count). The van der Waals surface area contributed by atoms with Crippen molar-refractivity contribution >= 4 is 23.5 Å². The molecule has 0 heterocycles. The molecule has 1 aromatic carbocycles. The number of carbonyl (C=O) groups excluding carboxylic acids is 4. The zero-order chi connectivity index (χ0) is 20.2. The summed E-state index contributed by atoms with van der Waals surface area (Å²) in [7, 11) is 0. The molecule has 0 spiro atoms. The summed E-state index contributed by atoms with van der Waals surface area (Å²) in [5, 5.41) is 7.53. The van der Waals surface area contributed by atoms with E-state index in [-0.39, 0.29) is 37.8 Å². The van der Waals surface area contributed by atoms with Crippen molar-refractivity contribution in [3.63, 3.8) is 0 Å². The van der Waals surface area contributed by atoms with E-state index < -0.39 is 23.8 Å². The van der Waals surface area contributed by atoms with Crippen LogP contribution in [0.5, 0.6) is 0 Å². The predicted octanol–water partition coefficient (Wildman–Crippen LogP) is -0.480. The molecular formula is C19H28N4O4. The molecule has 1 unspecified atom stereocenters. The zero-order valence-corrected chi connectivity index (χ0v) is 15.8. The summed E-state index contributed by atoms with van der Waals surface area (Å²) in [4.78, 5) is 47.6. The Kier molecular flexibility index (Phi) is 9.74. The number of hydrogen-bond acceptors (Lipinski definition) is 5. The summed E-state index contributed by atoms with van der Waals surface area (Å²) in [5.41, 5.74) is 6.03. The molecule has 0 saturated carbocycles. The minimum atomic E-state index is -0.862. The quantitative estimate of drug-likeness (QED) is 0.414. The summed E-state index contributed by atoms with van der Waals surface area (Å²) in [6.45, 7) is 3.12. The lowest BCUT2D eigenvalue weighted by Crippen LogP contribution is -2.51. The van der Waals surface area contributed by atoms with E-state index >= 15 is 0 Å². The Morgan fingerprint density at radius 2 is 1.67 bits per heavy atom. The first-order valence-corrected chi connectivity index (χ1v) is 8.97. The molecule has 3 amide bonds. The van der Waals surface area contributed by atoms with Gasteiger partial charge in [-0.25, -0.2) is 0 Å². The van der Waals surface area contributed by atoms with Gasteiger partial charge in [-0.05, 0) is 12.0 Å². The molecule has 8 heteroatoms. The van der Waals surface area contributed by atoms with E-state index in [0.717, 1.165) is 5.56 Å². The predicted molar refractivity (Wildman–Crippen MR) is 102 cm³/mol. The maximum absolute atomic E-state index is 12.5. The Morgan fingerprint density at radius 1 is 1.00 bits per heavy atom. The highest BCUT2D eigenvalue weighted by atomic mass is 16.2. The second kappa shape index (κ2) is 11.8. The lowest BCUT2D eigenvalue weighted by molar-refractivity contribution is -0.131. The number of Topliss-reactive ketones (excluding diaryl/α,β-unsaturated/α-hetero) is 1. The molecule has 0 fully saturated rings. The van der Waals surface area contributed by atoms with E-state index in [4.69, 9.17) is 5.73 Å². The molecule has 2 atom stereocenters. The molecule has 148 valence electrons. The minimum absolute atomic E-state index is 0.0640. The fourth-order valence-electron chi connectivity index (χ4n) is 2.25. The molecule has 0 radical (unpaired) electrons. The van der Waals surface area contributed by atoms with Gasteiger partial charge in [0.15, 0.2) is 5.78 Å². The topological polar surface area (TPSA) is 130 Å². The first kappa shape index (κ1) is 22.3. The smallest absolute Gasteiger partial charge is 0.243 e. The van der Waals surface area contributed by atoms with Gasteiger partial charge in [0, 0.05) is 12.3 Å². The summed E-state index contributed by atoms with van der Waals surface area (Å²) >= 11 is 0. The van der Waals surface area contributed by atoms with Crippen molar-refractivity contribution < 1.29 is 19.2 Å². The van der Waals surface area contributed by atoms with Crippen LogP contribution < -0.4 is 21.7 Å². The average molecular weight is 376 g/mol. The molecule has 0 bridgehead atoms. The summed E-state index contributed by atoms with van der Waals surface area (Å²) in [6, 6.07) is 8.34. The van der Waals surface area contributed by atoms with Crippen molar-refractivity contribution in [1.82, 2.24) is 16.0 Å². The van der Waals surface area contributed by atoms with Crippen LogP contribution in [0.4, 0.5) is 0 Å². The molecular weight excluding hydrogens is 348 g/mol. The van der Waals surface area contributed by atoms with Gasteiger partial charge in [-0.1, -0.05) is 44.2 Å². The highest BCUT2D eigenvalue weighted by Gasteiger charge is 2.22. The van der Waals surface area contributed by atoms with Crippen LogP contribution in [0.15, 0.2) is 30.3 Å². The van der Waals surface area contributed by atoms with Crippen LogP contribution in [0.25, 0.3) is 0 Å². The number of hydrogen-bond donors (Lipinski definition) is 4. The van der Waals surface area contributed by atoms with E-state index in [1.165, 1.54) is 0 Å². The normalized spacial score (nSPS) is 12.6. The van der Waals surface area contributed by atoms with Gasteiger partial charge in [0.25, 0.3) is 0 Å². The van der Waals surface area contributed by atoms with Crippen LogP contribution in [-0.2, 0) is 25.6 Å². The van der Waals surface area contributed by atoms with Gasteiger partial charge in [0.1, 0.15) is 6.04 Å². The molecule has 0 saturated heterocycles. The van der Waals surface area contributed by atoms with E-state index in [2.05, 4.69) is 16.0 Å². The molecule has 0 aliphatic heterocycles. The first-order valence-electron chi connectivity index (χ1n) is 8.97. The maximum Gasteiger partial charge on any atom is 0.243 e. The van der Waals surface area contributed by atoms with Gasteiger partial charge >= 0.3 is 0 Å². The van der Waals surface area contributed by atoms with Crippen molar-refractivity contribution in [3.8, 4) is 0 Å². The van der Waals surface area contributed by atoms with E-state index in [9.17, 15) is 19.2 Å². The van der Waals surface area contributed by atoms with E-state index in [1.54, 1.807) is 6.92 Å². The Hall–Kier alpha value is -2.74. The number of ketones is 1. The fraction of sp³-hybridized carbons (Fsp3) is 0.474. The van der Waals surface area contributed by atoms with E-state index in [1.807, 2.05) is 37.3 Å². The lowest BCUT2D eigenvalue weighted by atomic mass is 10.0. The molecule has 0 aromatic heterocycles. The van der Waals surface area contributed by atoms with E-state index in [0.29, 0.717) is 6.42 Å². The zero-order valence-electron chi connectivity index (χ0n) is 15.8. The van der Waals surface area contributed by atoms with Gasteiger partial charge in [-0.15, -0.1) is 0 Å². The number of amides is 3. The minimum Gasteiger partial charge on any atom is -0.347 e. The number of nitrogens with two attached hydrogens (primary N) is 1. The van der Waals surface area contributed by atoms with Crippen molar-refractivity contribution in [2.24, 2.45) is 11.7 Å². The maximum atomic E-state index is 12.5. The Labute approximate surface area is 159 Å². The van der Waals surface area contributed by atoms with Crippen LogP contribution >= 0.6 is 0 Å². The highest BCUT2D eigenvalue weighted by Crippen LogP contribution is 2.04. The van der Waals surface area contributed by atoms with Crippen LogP contribution in [0.3, 0.4) is 0 Å². The summed E-state index contributed by atoms with van der Waals surface area (Å²) in [5.74, 6) is -1.63. The molecule has 5 N–H and O–H groups in total. The molecule has 0 aliphatic carbocycles. The largest absolute Gasteiger partial charge is 0.347 e. The van der Waals surface area contributed by atoms with Crippen molar-refractivity contribution in [3.05, 3.63) is 35.9 Å². The summed E-state index contributed by atoms with van der Waals surface area (Å²) in [6.07, 6.45) is 0.959. The van der Waals surface area contributed by atoms with Gasteiger partial charge in [-0.3, -0.25) is 19.2 Å². The van der Waals surface area contributed by atoms with Crippen molar-refractivity contribution in [2.75, 3.05) is 19.6 Å². The summed E-state index contributed by atoms with van der Waals surface area (Å²) < 4.78 is 0. The third kappa shape index (κ3) is 8.46. The average Bonchev–Trinajstić information content (AvgIpc) is 2.69. The second-order valence-corrected chi connectivity index (χ2v) is 6.28. The fourth-order valence-corrected chi connectivity index (χ4v) is 2.25. The SMILES string of the molecule is CCC(C)C(=O)CNC(=O)[C@H](Cc1ccccc1)NC(=O)CNC(=O)CN. The van der Waals surface area contributed by atoms with Crippen LogP contribution in [0.2, 0.25) is 0 Å². The Morgan fingerprint density at radius 3 is 2.26 bits per heavy atom. The standard InChI is InChI=1S/C19H28N4O4/c1-3-13(2)16(24)11-22-19(27)15(9-14-7-5-4-6-8-14)23-18(26)12-21-17(25)10-20/h4-8,13,15H,3,9-12,20H2,1-2H3,(H,21,25)(H,22,27)(H,23,26)/t13?,15-/m0/s1.